The molecular weight excluding hydrogens is 515 g/mol. The molecule has 12 heteroatoms. The van der Waals surface area contributed by atoms with Crippen molar-refractivity contribution >= 4 is 22.8 Å². The van der Waals surface area contributed by atoms with Crippen LogP contribution in [0.4, 0.5) is 13.2 Å². The molecule has 5 rings (SSSR count). The number of carbonyl (C=O) groups is 2. The fraction of sp³-hybridized carbons (Fsp3) is 0.481. The Morgan fingerprint density at radius 1 is 1.18 bits per heavy atom. The first kappa shape index (κ1) is 26.9. The van der Waals surface area contributed by atoms with Crippen molar-refractivity contribution in [1.29, 1.82) is 0 Å². The zero-order valence-electron chi connectivity index (χ0n) is 21.3. The minimum atomic E-state index is -2.68. The molecule has 0 radical (unpaired) electrons. The van der Waals surface area contributed by atoms with E-state index in [0.717, 1.165) is 12.8 Å². The number of fused-ring (bicyclic) bond motifs is 1. The van der Waals surface area contributed by atoms with Crippen LogP contribution in [0.2, 0.25) is 0 Å². The van der Waals surface area contributed by atoms with E-state index in [1.54, 1.807) is 6.92 Å². The van der Waals surface area contributed by atoms with Gasteiger partial charge in [0.2, 0.25) is 5.91 Å². The summed E-state index contributed by atoms with van der Waals surface area (Å²) in [5, 5.41) is 14.2. The first-order valence-electron chi connectivity index (χ1n) is 13.0. The van der Waals surface area contributed by atoms with Gasteiger partial charge in [-0.1, -0.05) is 0 Å². The monoisotopic (exact) mass is 545 g/mol. The summed E-state index contributed by atoms with van der Waals surface area (Å²) in [6, 6.07) is 3.01. The smallest absolute Gasteiger partial charge is 0.263 e. The van der Waals surface area contributed by atoms with Gasteiger partial charge in [0.05, 0.1) is 23.7 Å². The van der Waals surface area contributed by atoms with Crippen LogP contribution in [0.3, 0.4) is 0 Å². The van der Waals surface area contributed by atoms with Gasteiger partial charge in [0.15, 0.2) is 0 Å². The second-order valence-corrected chi connectivity index (χ2v) is 10.2. The first-order valence-corrected chi connectivity index (χ1v) is 13.0. The molecule has 2 heterocycles. The van der Waals surface area contributed by atoms with E-state index in [2.05, 4.69) is 25.6 Å². The largest absolute Gasteiger partial charge is 0.493 e. The zero-order valence-corrected chi connectivity index (χ0v) is 21.3. The third kappa shape index (κ3) is 5.85. The second-order valence-electron chi connectivity index (χ2n) is 10.2. The Morgan fingerprint density at radius 3 is 2.67 bits per heavy atom. The molecule has 3 atom stereocenters. The van der Waals surface area contributed by atoms with E-state index in [0.29, 0.717) is 59.1 Å². The number of aliphatic hydroxyl groups is 1. The lowest BCUT2D eigenvalue weighted by atomic mass is 9.89. The summed E-state index contributed by atoms with van der Waals surface area (Å²) in [5.41, 5.74) is 1.99. The Hall–Kier alpha value is -3.67. The fourth-order valence-corrected chi connectivity index (χ4v) is 5.01. The number of ether oxygens (including phenoxy) is 1. The highest BCUT2D eigenvalue weighted by atomic mass is 19.3. The molecule has 2 amide bonds. The van der Waals surface area contributed by atoms with Crippen molar-refractivity contribution in [3.63, 3.8) is 0 Å². The van der Waals surface area contributed by atoms with Crippen LogP contribution >= 0.6 is 0 Å². The van der Waals surface area contributed by atoms with Crippen LogP contribution in [0.25, 0.3) is 22.3 Å². The van der Waals surface area contributed by atoms with Crippen molar-refractivity contribution < 1.29 is 32.6 Å². The van der Waals surface area contributed by atoms with Gasteiger partial charge in [-0.15, -0.1) is 0 Å². The fourth-order valence-electron chi connectivity index (χ4n) is 5.01. The Bertz CT molecular complexity index is 1380. The maximum absolute atomic E-state index is 14.7. The molecule has 0 bridgehead atoms. The van der Waals surface area contributed by atoms with E-state index in [9.17, 15) is 22.8 Å². The molecule has 9 nitrogen and oxygen atoms in total. The highest BCUT2D eigenvalue weighted by molar-refractivity contribution is 6.09. The number of alkyl halides is 3. The van der Waals surface area contributed by atoms with Crippen molar-refractivity contribution in [3.05, 3.63) is 41.3 Å². The quantitative estimate of drug-likeness (QED) is 0.324. The van der Waals surface area contributed by atoms with E-state index >= 15 is 0 Å². The van der Waals surface area contributed by atoms with Gasteiger partial charge in [0.25, 0.3) is 12.3 Å². The second kappa shape index (κ2) is 11.2. The van der Waals surface area contributed by atoms with Gasteiger partial charge >= 0.3 is 0 Å². The SMILES string of the molecule is Cc1[nH]c2c(-c3cc(C(F)F)ccc3OCC3CC3)ncnc2c1C(=O)N[C@@H]1CC[C@H](NC(=O)CO)[C@H](F)C1. The molecule has 2 aromatic heterocycles. The van der Waals surface area contributed by atoms with Crippen molar-refractivity contribution in [2.75, 3.05) is 13.2 Å². The number of nitrogens with one attached hydrogen (secondary N) is 3. The molecule has 2 saturated carbocycles. The summed E-state index contributed by atoms with van der Waals surface area (Å²) < 4.78 is 47.8. The lowest BCUT2D eigenvalue weighted by Crippen LogP contribution is -2.50. The number of halogens is 3. The van der Waals surface area contributed by atoms with Gasteiger partial charge in [0.1, 0.15) is 36.1 Å². The maximum Gasteiger partial charge on any atom is 0.263 e. The number of hydrogen-bond donors (Lipinski definition) is 4. The minimum absolute atomic E-state index is 0.00582. The number of carbonyl (C=O) groups excluding carboxylic acids is 2. The lowest BCUT2D eigenvalue weighted by molar-refractivity contribution is -0.125. The molecule has 0 aliphatic heterocycles. The third-order valence-electron chi connectivity index (χ3n) is 7.28. The van der Waals surface area contributed by atoms with Crippen LogP contribution in [0, 0.1) is 12.8 Å². The predicted molar refractivity (Wildman–Crippen MR) is 136 cm³/mol. The molecule has 39 heavy (non-hydrogen) atoms. The molecule has 0 saturated heterocycles. The molecule has 208 valence electrons. The van der Waals surface area contributed by atoms with Gasteiger partial charge in [-0.25, -0.2) is 23.1 Å². The van der Waals surface area contributed by atoms with Crippen LogP contribution in [-0.2, 0) is 4.79 Å². The molecule has 0 unspecified atom stereocenters. The molecule has 4 N–H and O–H groups in total. The number of hydrogen-bond acceptors (Lipinski definition) is 6. The topological polar surface area (TPSA) is 129 Å². The summed E-state index contributed by atoms with van der Waals surface area (Å²) in [7, 11) is 0. The van der Waals surface area contributed by atoms with E-state index < -0.39 is 43.1 Å². The van der Waals surface area contributed by atoms with Crippen molar-refractivity contribution in [3.8, 4) is 17.0 Å². The van der Waals surface area contributed by atoms with Gasteiger partial charge in [-0.05, 0) is 56.7 Å². The van der Waals surface area contributed by atoms with Crippen molar-refractivity contribution in [1.82, 2.24) is 25.6 Å². The van der Waals surface area contributed by atoms with Gasteiger partial charge in [-0.2, -0.15) is 0 Å². The van der Waals surface area contributed by atoms with E-state index in [-0.39, 0.29) is 17.5 Å². The predicted octanol–water partition coefficient (Wildman–Crippen LogP) is 3.76. The Labute approximate surface area is 222 Å². The molecular formula is C27H30F3N5O4. The van der Waals surface area contributed by atoms with Crippen LogP contribution in [0.15, 0.2) is 24.5 Å². The number of benzene rings is 1. The number of aromatic nitrogens is 3. The highest BCUT2D eigenvalue weighted by Crippen LogP contribution is 2.38. The summed E-state index contributed by atoms with van der Waals surface area (Å²) >= 11 is 0. The van der Waals surface area contributed by atoms with Gasteiger partial charge in [0, 0.05) is 29.3 Å². The number of aliphatic hydroxyl groups excluding tert-OH is 1. The van der Waals surface area contributed by atoms with Crippen LogP contribution in [-0.4, -0.2) is 63.3 Å². The standard InChI is InChI=1S/C27H30F3N5O4/c1-13-22(27(38)34-16-5-6-19(18(28)9-16)35-21(37)10-36)24-25(33-13)23(31-12-32-24)17-8-15(26(29)30)4-7-20(17)39-11-14-2-3-14/h4,7-8,12,14,16,18-19,26,33,36H,2-3,5-6,9-11H2,1H3,(H,34,38)(H,35,37)/t16-,18-,19+/m1/s1. The molecule has 2 aliphatic carbocycles. The number of aromatic amines is 1. The van der Waals surface area contributed by atoms with Gasteiger partial charge in [-0.3, -0.25) is 9.59 Å². The van der Waals surface area contributed by atoms with E-state index in [4.69, 9.17) is 9.84 Å². The van der Waals surface area contributed by atoms with Crippen LogP contribution in [0.1, 0.15) is 60.1 Å². The summed E-state index contributed by atoms with van der Waals surface area (Å²) in [5.74, 6) is -0.227. The van der Waals surface area contributed by atoms with E-state index in [1.165, 1.54) is 24.5 Å². The number of nitrogens with zero attached hydrogens (tertiary/aromatic N) is 2. The summed E-state index contributed by atoms with van der Waals surface area (Å²) in [6.07, 6.45) is 0.0929. The molecule has 2 aliphatic rings. The molecule has 2 fully saturated rings. The number of H-pyrrole nitrogens is 1. The zero-order chi connectivity index (χ0) is 27.7. The molecule has 3 aromatic rings. The summed E-state index contributed by atoms with van der Waals surface area (Å²) in [6.45, 7) is 1.46. The van der Waals surface area contributed by atoms with E-state index in [1.807, 2.05) is 0 Å². The number of amides is 2. The van der Waals surface area contributed by atoms with Crippen molar-refractivity contribution in [2.24, 2.45) is 5.92 Å². The highest BCUT2D eigenvalue weighted by Gasteiger charge is 2.33. The number of aryl methyl sites for hydroxylation is 1. The average molecular weight is 546 g/mol. The minimum Gasteiger partial charge on any atom is -0.493 e. The molecule has 0 spiro atoms. The Morgan fingerprint density at radius 2 is 1.97 bits per heavy atom. The third-order valence-corrected chi connectivity index (χ3v) is 7.28. The number of rotatable bonds is 9. The molecule has 1 aromatic carbocycles. The van der Waals surface area contributed by atoms with Crippen molar-refractivity contribution in [2.45, 2.75) is 63.7 Å². The lowest BCUT2D eigenvalue weighted by Gasteiger charge is -2.32. The first-order chi connectivity index (χ1) is 18.7. The van der Waals surface area contributed by atoms with Gasteiger partial charge < -0.3 is 25.5 Å². The van der Waals surface area contributed by atoms with Crippen LogP contribution < -0.4 is 15.4 Å². The van der Waals surface area contributed by atoms with Crippen LogP contribution in [0.5, 0.6) is 5.75 Å². The normalized spacial score (nSPS) is 21.2. The Balaban J connectivity index is 1.41. The Kier molecular flexibility index (Phi) is 7.74. The summed E-state index contributed by atoms with van der Waals surface area (Å²) in [4.78, 5) is 36.5. The maximum atomic E-state index is 14.7. The average Bonchev–Trinajstić information content (AvgIpc) is 3.68.